The lowest BCUT2D eigenvalue weighted by Gasteiger charge is -2.30. The smallest absolute Gasteiger partial charge is 0.284 e. The second kappa shape index (κ2) is 6.83. The molecule has 0 aromatic heterocycles. The lowest BCUT2D eigenvalue weighted by molar-refractivity contribution is -0.126. The SMILES string of the molecule is O=C1CS/C(=N\S(=O)(=O)c2ccc(Cl)cc2)N1C1CCCCC1. The first-order valence-corrected chi connectivity index (χ1v) is 10.3. The second-order valence-corrected chi connectivity index (χ2v) is 8.63. The van der Waals surface area contributed by atoms with E-state index in [-0.39, 0.29) is 22.6 Å². The molecule has 124 valence electrons. The zero-order valence-corrected chi connectivity index (χ0v) is 14.8. The molecule has 0 spiro atoms. The summed E-state index contributed by atoms with van der Waals surface area (Å²) in [4.78, 5) is 13.8. The van der Waals surface area contributed by atoms with Crippen molar-refractivity contribution in [2.24, 2.45) is 4.40 Å². The van der Waals surface area contributed by atoms with Crippen molar-refractivity contribution in [2.45, 2.75) is 43.0 Å². The Kier molecular flexibility index (Phi) is 4.98. The Morgan fingerprint density at radius 2 is 1.78 bits per heavy atom. The van der Waals surface area contributed by atoms with Crippen LogP contribution >= 0.6 is 23.4 Å². The number of carbonyl (C=O) groups is 1. The number of halogens is 1. The number of thioether (sulfide) groups is 1. The molecule has 1 aromatic rings. The monoisotopic (exact) mass is 372 g/mol. The van der Waals surface area contributed by atoms with Gasteiger partial charge in [-0.2, -0.15) is 8.42 Å². The Morgan fingerprint density at radius 1 is 1.13 bits per heavy atom. The van der Waals surface area contributed by atoms with Crippen LogP contribution in [0.1, 0.15) is 32.1 Å². The van der Waals surface area contributed by atoms with E-state index in [0.717, 1.165) is 25.7 Å². The molecule has 1 aliphatic carbocycles. The molecule has 5 nitrogen and oxygen atoms in total. The molecule has 1 saturated heterocycles. The predicted molar refractivity (Wildman–Crippen MR) is 92.2 cm³/mol. The Morgan fingerprint density at radius 3 is 2.43 bits per heavy atom. The molecule has 0 atom stereocenters. The number of amides is 1. The van der Waals surface area contributed by atoms with E-state index in [9.17, 15) is 13.2 Å². The molecule has 1 aromatic carbocycles. The van der Waals surface area contributed by atoms with Gasteiger partial charge >= 0.3 is 0 Å². The van der Waals surface area contributed by atoms with Gasteiger partial charge in [-0.05, 0) is 37.1 Å². The van der Waals surface area contributed by atoms with E-state index in [1.165, 1.54) is 42.4 Å². The van der Waals surface area contributed by atoms with Crippen molar-refractivity contribution in [1.29, 1.82) is 0 Å². The maximum atomic E-state index is 12.5. The van der Waals surface area contributed by atoms with Gasteiger partial charge in [-0.1, -0.05) is 42.6 Å². The van der Waals surface area contributed by atoms with E-state index in [0.29, 0.717) is 10.2 Å². The summed E-state index contributed by atoms with van der Waals surface area (Å²) in [5.41, 5.74) is 0. The number of rotatable bonds is 3. The van der Waals surface area contributed by atoms with Crippen LogP contribution in [-0.4, -0.2) is 36.2 Å². The first-order chi connectivity index (χ1) is 11.0. The van der Waals surface area contributed by atoms with Crippen molar-refractivity contribution in [2.75, 3.05) is 5.75 Å². The van der Waals surface area contributed by atoms with Gasteiger partial charge in [0.2, 0.25) is 5.91 Å². The van der Waals surface area contributed by atoms with Gasteiger partial charge in [0.25, 0.3) is 10.0 Å². The van der Waals surface area contributed by atoms with Crippen LogP contribution in [0.4, 0.5) is 0 Å². The van der Waals surface area contributed by atoms with Gasteiger partial charge in [-0.3, -0.25) is 9.69 Å². The molecule has 23 heavy (non-hydrogen) atoms. The van der Waals surface area contributed by atoms with Crippen molar-refractivity contribution >= 4 is 44.5 Å². The summed E-state index contributed by atoms with van der Waals surface area (Å²) in [6.45, 7) is 0. The molecular formula is C15H17ClN2O3S2. The minimum atomic E-state index is -3.84. The minimum absolute atomic E-state index is 0.0491. The summed E-state index contributed by atoms with van der Waals surface area (Å²) in [6, 6.07) is 5.95. The van der Waals surface area contributed by atoms with E-state index in [4.69, 9.17) is 11.6 Å². The Labute approximate surface area is 145 Å². The van der Waals surface area contributed by atoms with Crippen LogP contribution in [0, 0.1) is 0 Å². The number of sulfonamides is 1. The third-order valence-corrected chi connectivity index (χ3v) is 6.64. The Bertz CT molecular complexity index is 726. The van der Waals surface area contributed by atoms with Crippen molar-refractivity contribution in [1.82, 2.24) is 4.90 Å². The summed E-state index contributed by atoms with van der Waals surface area (Å²) in [6.07, 6.45) is 5.12. The van der Waals surface area contributed by atoms with Crippen molar-refractivity contribution in [3.8, 4) is 0 Å². The second-order valence-electron chi connectivity index (χ2n) is 5.65. The highest BCUT2D eigenvalue weighted by Gasteiger charge is 2.36. The minimum Gasteiger partial charge on any atom is -0.287 e. The summed E-state index contributed by atoms with van der Waals surface area (Å²) in [5.74, 6) is 0.206. The Hall–Kier alpha value is -1.05. The maximum absolute atomic E-state index is 12.5. The summed E-state index contributed by atoms with van der Waals surface area (Å²) >= 11 is 6.99. The normalized spacial score (nSPS) is 22.0. The molecule has 8 heteroatoms. The van der Waals surface area contributed by atoms with E-state index in [1.807, 2.05) is 0 Å². The summed E-state index contributed by atoms with van der Waals surface area (Å²) in [7, 11) is -3.84. The predicted octanol–water partition coefficient (Wildman–Crippen LogP) is 3.29. The highest BCUT2D eigenvalue weighted by atomic mass is 35.5. The highest BCUT2D eigenvalue weighted by molar-refractivity contribution is 8.15. The third kappa shape index (κ3) is 3.72. The first-order valence-electron chi connectivity index (χ1n) is 7.53. The molecule has 3 rings (SSSR count). The largest absolute Gasteiger partial charge is 0.287 e. The van der Waals surface area contributed by atoms with E-state index in [2.05, 4.69) is 4.40 Å². The van der Waals surface area contributed by atoms with Crippen molar-refractivity contribution < 1.29 is 13.2 Å². The molecule has 1 aliphatic heterocycles. The molecule has 2 fully saturated rings. The van der Waals surface area contributed by atoms with Gasteiger partial charge in [0.15, 0.2) is 5.17 Å². The number of carbonyl (C=O) groups excluding carboxylic acids is 1. The van der Waals surface area contributed by atoms with Gasteiger partial charge < -0.3 is 0 Å². The number of amidine groups is 1. The van der Waals surface area contributed by atoms with Crippen LogP contribution in [0.3, 0.4) is 0 Å². The molecule has 0 radical (unpaired) electrons. The van der Waals surface area contributed by atoms with Gasteiger partial charge in [0.05, 0.1) is 10.6 Å². The zero-order chi connectivity index (χ0) is 16.4. The molecule has 1 heterocycles. The van der Waals surface area contributed by atoms with Crippen molar-refractivity contribution in [3.05, 3.63) is 29.3 Å². The molecule has 1 saturated carbocycles. The average molecular weight is 373 g/mol. The lowest BCUT2D eigenvalue weighted by atomic mass is 9.94. The molecule has 0 bridgehead atoms. The van der Waals surface area contributed by atoms with Crippen LogP contribution in [-0.2, 0) is 14.8 Å². The van der Waals surface area contributed by atoms with Crippen LogP contribution < -0.4 is 0 Å². The standard InChI is InChI=1S/C15H17ClN2O3S2/c16-11-6-8-13(9-7-11)23(20,21)17-15-18(14(19)10-22-15)12-4-2-1-3-5-12/h6-9,12H,1-5,10H2/b17-15-. The Balaban J connectivity index is 1.90. The topological polar surface area (TPSA) is 66.8 Å². The van der Waals surface area contributed by atoms with Crippen LogP contribution in [0.15, 0.2) is 33.6 Å². The van der Waals surface area contributed by atoms with E-state index < -0.39 is 10.0 Å². The number of hydrogen-bond acceptors (Lipinski definition) is 4. The summed E-state index contributed by atoms with van der Waals surface area (Å²) < 4.78 is 28.8. The fourth-order valence-corrected chi connectivity index (χ4v) is 5.20. The fourth-order valence-electron chi connectivity index (χ4n) is 2.90. The van der Waals surface area contributed by atoms with E-state index >= 15 is 0 Å². The first kappa shape index (κ1) is 16.8. The molecule has 2 aliphatic rings. The van der Waals surface area contributed by atoms with Gasteiger partial charge in [-0.15, -0.1) is 4.40 Å². The zero-order valence-electron chi connectivity index (χ0n) is 12.4. The quantitative estimate of drug-likeness (QED) is 0.816. The van der Waals surface area contributed by atoms with Gasteiger partial charge in [0.1, 0.15) is 0 Å². The third-order valence-electron chi connectivity index (χ3n) is 4.05. The average Bonchev–Trinajstić information content (AvgIpc) is 2.88. The highest BCUT2D eigenvalue weighted by Crippen LogP contribution is 2.31. The molecular weight excluding hydrogens is 356 g/mol. The lowest BCUT2D eigenvalue weighted by Crippen LogP contribution is -2.41. The van der Waals surface area contributed by atoms with Crippen molar-refractivity contribution in [3.63, 3.8) is 0 Å². The number of benzene rings is 1. The molecule has 1 amide bonds. The van der Waals surface area contributed by atoms with Crippen LogP contribution in [0.2, 0.25) is 5.02 Å². The molecule has 0 N–H and O–H groups in total. The number of nitrogens with zero attached hydrogens (tertiary/aromatic N) is 2. The maximum Gasteiger partial charge on any atom is 0.284 e. The van der Waals surface area contributed by atoms with Crippen LogP contribution in [0.25, 0.3) is 0 Å². The fraction of sp³-hybridized carbons (Fsp3) is 0.467. The number of hydrogen-bond donors (Lipinski definition) is 0. The summed E-state index contributed by atoms with van der Waals surface area (Å²) in [5, 5.41) is 0.766. The van der Waals surface area contributed by atoms with E-state index in [1.54, 1.807) is 4.90 Å². The van der Waals surface area contributed by atoms with Gasteiger partial charge in [-0.25, -0.2) is 0 Å². The van der Waals surface area contributed by atoms with Gasteiger partial charge in [0, 0.05) is 11.1 Å². The van der Waals surface area contributed by atoms with Crippen LogP contribution in [0.5, 0.6) is 0 Å². The molecule has 0 unspecified atom stereocenters.